The van der Waals surface area contributed by atoms with Crippen molar-refractivity contribution in [2.75, 3.05) is 6.61 Å². The van der Waals surface area contributed by atoms with E-state index in [1.165, 1.54) is 29.9 Å². The minimum atomic E-state index is -0.635. The first kappa shape index (κ1) is 15.3. The van der Waals surface area contributed by atoms with Crippen LogP contribution in [0.1, 0.15) is 50.5 Å². The molecular formula is C18H18N2O3. The fourth-order valence-electron chi connectivity index (χ4n) is 2.69. The molecule has 0 radical (unpaired) electrons. The molecule has 3 rings (SSSR count). The highest BCUT2D eigenvalue weighted by atomic mass is 16.5. The van der Waals surface area contributed by atoms with Crippen LogP contribution in [-0.4, -0.2) is 28.3 Å². The summed E-state index contributed by atoms with van der Waals surface area (Å²) in [5.74, 6) is -0.837. The molecule has 0 aliphatic heterocycles. The van der Waals surface area contributed by atoms with Crippen LogP contribution in [0.4, 0.5) is 0 Å². The van der Waals surface area contributed by atoms with E-state index in [1.54, 1.807) is 6.92 Å². The molecule has 0 fully saturated rings. The fourth-order valence-corrected chi connectivity index (χ4v) is 2.69. The van der Waals surface area contributed by atoms with E-state index in [9.17, 15) is 9.59 Å². The van der Waals surface area contributed by atoms with E-state index < -0.39 is 5.97 Å². The molecule has 0 unspecified atom stereocenters. The number of ether oxygens (including phenoxy) is 1. The first-order valence-electron chi connectivity index (χ1n) is 7.74. The van der Waals surface area contributed by atoms with E-state index in [4.69, 9.17) is 4.74 Å². The van der Waals surface area contributed by atoms with Gasteiger partial charge in [0, 0.05) is 11.8 Å². The first-order chi connectivity index (χ1) is 11.1. The van der Waals surface area contributed by atoms with Crippen LogP contribution in [-0.2, 0) is 17.6 Å². The minimum Gasteiger partial charge on any atom is -0.453 e. The molecule has 0 bridgehead atoms. The van der Waals surface area contributed by atoms with Crippen LogP contribution in [0.25, 0.3) is 0 Å². The predicted molar refractivity (Wildman–Crippen MR) is 84.5 cm³/mol. The van der Waals surface area contributed by atoms with Crippen molar-refractivity contribution in [3.63, 3.8) is 0 Å². The Morgan fingerprint density at radius 1 is 1.09 bits per heavy atom. The number of hydrogen-bond donors (Lipinski definition) is 0. The Bertz CT molecular complexity index is 738. The molecular weight excluding hydrogens is 292 g/mol. The zero-order chi connectivity index (χ0) is 16.2. The van der Waals surface area contributed by atoms with E-state index in [2.05, 4.69) is 9.97 Å². The Kier molecular flexibility index (Phi) is 4.46. The average molecular weight is 310 g/mol. The monoisotopic (exact) mass is 310 g/mol. The molecule has 1 heterocycles. The lowest BCUT2D eigenvalue weighted by molar-refractivity contribution is 0.0468. The molecule has 0 saturated heterocycles. The van der Waals surface area contributed by atoms with E-state index in [0.717, 1.165) is 19.3 Å². The van der Waals surface area contributed by atoms with E-state index in [-0.39, 0.29) is 18.1 Å². The third-order valence-corrected chi connectivity index (χ3v) is 3.99. The molecule has 1 aromatic heterocycles. The second-order valence-corrected chi connectivity index (χ2v) is 5.73. The normalized spacial score (nSPS) is 13.3. The number of nitrogens with zero attached hydrogens (tertiary/aromatic N) is 2. The highest BCUT2D eigenvalue weighted by Gasteiger charge is 2.16. The van der Waals surface area contributed by atoms with Crippen molar-refractivity contribution < 1.29 is 14.3 Å². The number of fused-ring (bicyclic) bond motifs is 1. The van der Waals surface area contributed by atoms with E-state index >= 15 is 0 Å². The average Bonchev–Trinajstić information content (AvgIpc) is 2.59. The van der Waals surface area contributed by atoms with Gasteiger partial charge in [0.2, 0.25) is 0 Å². The van der Waals surface area contributed by atoms with E-state index in [1.807, 2.05) is 18.2 Å². The molecule has 0 spiro atoms. The van der Waals surface area contributed by atoms with Crippen molar-refractivity contribution in [3.8, 4) is 0 Å². The van der Waals surface area contributed by atoms with Crippen molar-refractivity contribution in [1.29, 1.82) is 0 Å². The maximum Gasteiger partial charge on any atom is 0.358 e. The Morgan fingerprint density at radius 2 is 1.87 bits per heavy atom. The molecule has 1 aromatic carbocycles. The second-order valence-electron chi connectivity index (χ2n) is 5.73. The molecule has 1 aliphatic carbocycles. The van der Waals surface area contributed by atoms with Gasteiger partial charge in [0.05, 0.1) is 11.9 Å². The SMILES string of the molecule is Cc1cnc(C(=O)OCC(=O)c2ccc3c(c2)CCCC3)cn1. The molecule has 0 atom stereocenters. The van der Waals surface area contributed by atoms with Gasteiger partial charge < -0.3 is 4.74 Å². The predicted octanol–water partition coefficient (Wildman–Crippen LogP) is 2.70. The maximum absolute atomic E-state index is 12.2. The number of esters is 1. The Balaban J connectivity index is 1.63. The maximum atomic E-state index is 12.2. The quantitative estimate of drug-likeness (QED) is 0.641. The fraction of sp³-hybridized carbons (Fsp3) is 0.333. The zero-order valence-corrected chi connectivity index (χ0v) is 13.0. The summed E-state index contributed by atoms with van der Waals surface area (Å²) in [6, 6.07) is 5.75. The van der Waals surface area contributed by atoms with Crippen LogP contribution in [0.5, 0.6) is 0 Å². The Labute approximate surface area is 134 Å². The van der Waals surface area contributed by atoms with Gasteiger partial charge in [-0.15, -0.1) is 0 Å². The van der Waals surface area contributed by atoms with Gasteiger partial charge in [-0.3, -0.25) is 9.78 Å². The first-order valence-corrected chi connectivity index (χ1v) is 7.74. The summed E-state index contributed by atoms with van der Waals surface area (Å²) in [6.45, 7) is 1.49. The zero-order valence-electron chi connectivity index (χ0n) is 13.0. The summed E-state index contributed by atoms with van der Waals surface area (Å²) in [4.78, 5) is 32.0. The molecule has 2 aromatic rings. The number of carbonyl (C=O) groups excluding carboxylic acids is 2. The van der Waals surface area contributed by atoms with Gasteiger partial charge in [-0.1, -0.05) is 12.1 Å². The molecule has 23 heavy (non-hydrogen) atoms. The molecule has 1 aliphatic rings. The highest BCUT2D eigenvalue weighted by molar-refractivity contribution is 5.99. The summed E-state index contributed by atoms with van der Waals surface area (Å²) in [7, 11) is 0. The lowest BCUT2D eigenvalue weighted by atomic mass is 9.90. The van der Waals surface area contributed by atoms with Crippen molar-refractivity contribution in [2.24, 2.45) is 0 Å². The van der Waals surface area contributed by atoms with Crippen LogP contribution >= 0.6 is 0 Å². The largest absolute Gasteiger partial charge is 0.453 e. The molecule has 0 saturated carbocycles. The third-order valence-electron chi connectivity index (χ3n) is 3.99. The van der Waals surface area contributed by atoms with Crippen molar-refractivity contribution in [2.45, 2.75) is 32.6 Å². The summed E-state index contributed by atoms with van der Waals surface area (Å²) >= 11 is 0. The van der Waals surface area contributed by atoms with Gasteiger partial charge in [-0.05, 0) is 49.8 Å². The van der Waals surface area contributed by atoms with Gasteiger partial charge in [-0.25, -0.2) is 9.78 Å². The smallest absolute Gasteiger partial charge is 0.358 e. The number of rotatable bonds is 4. The summed E-state index contributed by atoms with van der Waals surface area (Å²) in [6.07, 6.45) is 7.28. The van der Waals surface area contributed by atoms with Gasteiger partial charge in [0.1, 0.15) is 0 Å². The topological polar surface area (TPSA) is 69.2 Å². The van der Waals surface area contributed by atoms with Gasteiger partial charge >= 0.3 is 5.97 Å². The van der Waals surface area contributed by atoms with E-state index in [0.29, 0.717) is 11.3 Å². The van der Waals surface area contributed by atoms with Crippen molar-refractivity contribution in [3.05, 3.63) is 58.7 Å². The lowest BCUT2D eigenvalue weighted by Gasteiger charge is -2.16. The van der Waals surface area contributed by atoms with Gasteiger partial charge in [0.15, 0.2) is 18.1 Å². The number of benzene rings is 1. The molecule has 0 amide bonds. The number of aromatic nitrogens is 2. The van der Waals surface area contributed by atoms with Crippen LogP contribution in [0.3, 0.4) is 0 Å². The number of ketones is 1. The molecule has 5 heteroatoms. The molecule has 0 N–H and O–H groups in total. The number of aryl methyl sites for hydroxylation is 3. The summed E-state index contributed by atoms with van der Waals surface area (Å²) in [5, 5.41) is 0. The number of carbonyl (C=O) groups is 2. The Morgan fingerprint density at radius 3 is 2.61 bits per heavy atom. The van der Waals surface area contributed by atoms with Crippen LogP contribution in [0.2, 0.25) is 0 Å². The van der Waals surface area contributed by atoms with Crippen LogP contribution in [0, 0.1) is 6.92 Å². The van der Waals surface area contributed by atoms with Gasteiger partial charge in [-0.2, -0.15) is 0 Å². The van der Waals surface area contributed by atoms with Crippen molar-refractivity contribution in [1.82, 2.24) is 9.97 Å². The third kappa shape index (κ3) is 3.62. The second kappa shape index (κ2) is 6.69. The van der Waals surface area contributed by atoms with Crippen molar-refractivity contribution >= 4 is 11.8 Å². The summed E-state index contributed by atoms with van der Waals surface area (Å²) < 4.78 is 5.04. The standard InChI is InChI=1S/C18H18N2O3/c1-12-9-20-16(10-19-12)18(22)23-11-17(21)15-7-6-13-4-2-3-5-14(13)8-15/h6-10H,2-5,11H2,1H3. The highest BCUT2D eigenvalue weighted by Crippen LogP contribution is 2.22. The van der Waals surface area contributed by atoms with Gasteiger partial charge in [0.25, 0.3) is 0 Å². The van der Waals surface area contributed by atoms with Crippen LogP contribution in [0.15, 0.2) is 30.6 Å². The minimum absolute atomic E-state index is 0.105. The molecule has 5 nitrogen and oxygen atoms in total. The Hall–Kier alpha value is -2.56. The molecule has 118 valence electrons. The number of Topliss-reactive ketones (excluding diaryl/α,β-unsaturated/α-hetero) is 1. The lowest BCUT2D eigenvalue weighted by Crippen LogP contribution is -2.16. The van der Waals surface area contributed by atoms with Crippen LogP contribution < -0.4 is 0 Å². The number of hydrogen-bond acceptors (Lipinski definition) is 5. The summed E-state index contributed by atoms with van der Waals surface area (Å²) in [5.41, 5.74) is 3.96.